The number of hydrogen-bond acceptors (Lipinski definition) is 4. The number of nitrogens with one attached hydrogen (secondary N) is 1. The van der Waals surface area contributed by atoms with Crippen molar-refractivity contribution in [3.05, 3.63) is 45.5 Å². The lowest BCUT2D eigenvalue weighted by molar-refractivity contribution is 0.146. The minimum atomic E-state index is -2.86. The Morgan fingerprint density at radius 2 is 2.10 bits per heavy atom. The molecule has 0 spiro atoms. The van der Waals surface area contributed by atoms with E-state index in [4.69, 9.17) is 16.0 Å². The van der Waals surface area contributed by atoms with E-state index in [1.54, 1.807) is 0 Å². The Labute approximate surface area is 119 Å². The van der Waals surface area contributed by atoms with E-state index < -0.39 is 28.8 Å². The molecule has 0 aliphatic carbocycles. The summed E-state index contributed by atoms with van der Waals surface area (Å²) in [6.07, 6.45) is -1.81. The first kappa shape index (κ1) is 13.6. The van der Waals surface area contributed by atoms with Gasteiger partial charge in [0.05, 0.1) is 11.9 Å². The molecule has 0 saturated heterocycles. The number of nitrogens with zero attached hydrogens (tertiary/aromatic N) is 2. The van der Waals surface area contributed by atoms with Crippen LogP contribution in [-0.4, -0.2) is 15.0 Å². The summed E-state index contributed by atoms with van der Waals surface area (Å²) in [6, 6.07) is 2.37. The predicted molar refractivity (Wildman–Crippen MR) is 67.8 cm³/mol. The normalized spacial score (nSPS) is 11.5. The highest BCUT2D eigenvalue weighted by Crippen LogP contribution is 2.30. The molecule has 108 valence electrons. The number of rotatable bonds is 2. The van der Waals surface area contributed by atoms with Crippen molar-refractivity contribution in [1.82, 2.24) is 15.0 Å². The smallest absolute Gasteiger partial charge is 0.407 e. The third-order valence-electron chi connectivity index (χ3n) is 2.77. The first-order valence-corrected chi connectivity index (χ1v) is 5.97. The Kier molecular flexibility index (Phi) is 3.17. The van der Waals surface area contributed by atoms with Crippen molar-refractivity contribution < 1.29 is 17.6 Å². The van der Waals surface area contributed by atoms with Gasteiger partial charge in [0, 0.05) is 5.56 Å². The largest absolute Gasteiger partial charge is 0.417 e. The fraction of sp³-hybridized carbons (Fsp3) is 0.0833. The highest BCUT2D eigenvalue weighted by atomic mass is 35.5. The second-order valence-corrected chi connectivity index (χ2v) is 4.40. The van der Waals surface area contributed by atoms with Gasteiger partial charge in [0.25, 0.3) is 6.43 Å². The van der Waals surface area contributed by atoms with Crippen LogP contribution in [0.5, 0.6) is 0 Å². The molecule has 0 bridgehead atoms. The van der Waals surface area contributed by atoms with E-state index >= 15 is 0 Å². The van der Waals surface area contributed by atoms with Gasteiger partial charge in [0.2, 0.25) is 0 Å². The number of oxazole rings is 1. The summed E-state index contributed by atoms with van der Waals surface area (Å²) >= 11 is 5.63. The quantitative estimate of drug-likeness (QED) is 0.787. The molecule has 3 rings (SSSR count). The number of aromatic amines is 1. The summed E-state index contributed by atoms with van der Waals surface area (Å²) < 4.78 is 43.5. The van der Waals surface area contributed by atoms with Crippen molar-refractivity contribution in [2.75, 3.05) is 0 Å². The van der Waals surface area contributed by atoms with Crippen molar-refractivity contribution >= 4 is 22.7 Å². The summed E-state index contributed by atoms with van der Waals surface area (Å²) in [6.45, 7) is 0. The Hall–Kier alpha value is -2.35. The number of fused-ring (bicyclic) bond motifs is 1. The Bertz CT molecular complexity index is 891. The molecule has 0 fully saturated rings. The number of H-pyrrole nitrogens is 1. The van der Waals surface area contributed by atoms with E-state index in [2.05, 4.69) is 15.0 Å². The average molecular weight is 316 g/mol. The molecule has 2 heterocycles. The van der Waals surface area contributed by atoms with E-state index in [0.29, 0.717) is 0 Å². The van der Waals surface area contributed by atoms with E-state index in [9.17, 15) is 18.0 Å². The van der Waals surface area contributed by atoms with Gasteiger partial charge in [0.1, 0.15) is 11.2 Å². The summed E-state index contributed by atoms with van der Waals surface area (Å²) in [5.74, 6) is -1.54. The van der Waals surface area contributed by atoms with Crippen LogP contribution < -0.4 is 5.76 Å². The fourth-order valence-corrected chi connectivity index (χ4v) is 2.08. The van der Waals surface area contributed by atoms with Gasteiger partial charge >= 0.3 is 5.76 Å². The first-order valence-electron chi connectivity index (χ1n) is 5.59. The summed E-state index contributed by atoms with van der Waals surface area (Å²) in [7, 11) is 0. The molecule has 21 heavy (non-hydrogen) atoms. The van der Waals surface area contributed by atoms with E-state index in [0.717, 1.165) is 12.3 Å². The zero-order chi connectivity index (χ0) is 15.1. The van der Waals surface area contributed by atoms with Crippen LogP contribution in [0.1, 0.15) is 12.1 Å². The molecular formula is C12H5ClF3N3O2. The lowest BCUT2D eigenvalue weighted by Crippen LogP contribution is -1.96. The van der Waals surface area contributed by atoms with Crippen molar-refractivity contribution in [1.29, 1.82) is 0 Å². The Balaban J connectivity index is 2.23. The molecule has 0 radical (unpaired) electrons. The van der Waals surface area contributed by atoms with Crippen molar-refractivity contribution in [3.63, 3.8) is 0 Å². The van der Waals surface area contributed by atoms with Crippen LogP contribution in [0.15, 0.2) is 27.5 Å². The molecular weight excluding hydrogens is 311 g/mol. The highest BCUT2D eigenvalue weighted by molar-refractivity contribution is 6.30. The van der Waals surface area contributed by atoms with Crippen LogP contribution in [0.25, 0.3) is 22.4 Å². The van der Waals surface area contributed by atoms with Crippen molar-refractivity contribution in [2.45, 2.75) is 6.43 Å². The van der Waals surface area contributed by atoms with Gasteiger partial charge in [-0.25, -0.2) is 27.9 Å². The second kappa shape index (κ2) is 4.88. The Morgan fingerprint density at radius 3 is 2.76 bits per heavy atom. The molecule has 9 heteroatoms. The van der Waals surface area contributed by atoms with Crippen LogP contribution in [0.2, 0.25) is 5.15 Å². The molecule has 1 aromatic carbocycles. The lowest BCUT2D eigenvalue weighted by atomic mass is 10.1. The van der Waals surface area contributed by atoms with Gasteiger partial charge in [-0.1, -0.05) is 11.6 Å². The van der Waals surface area contributed by atoms with Crippen LogP contribution in [0.3, 0.4) is 0 Å². The maximum Gasteiger partial charge on any atom is 0.417 e. The molecule has 2 aromatic heterocycles. The first-order chi connectivity index (χ1) is 9.97. The lowest BCUT2D eigenvalue weighted by Gasteiger charge is -2.05. The van der Waals surface area contributed by atoms with E-state index in [-0.39, 0.29) is 22.4 Å². The number of alkyl halides is 2. The van der Waals surface area contributed by atoms with Gasteiger partial charge in [-0.3, -0.25) is 4.98 Å². The number of benzene rings is 1. The Morgan fingerprint density at radius 1 is 1.33 bits per heavy atom. The SMILES string of the molecule is O=c1[nH]c2c(F)ccc(-c3cnc(C(F)F)c(Cl)n3)c2o1. The monoisotopic (exact) mass is 315 g/mol. The fourth-order valence-electron chi connectivity index (χ4n) is 1.86. The van der Waals surface area contributed by atoms with Gasteiger partial charge in [0.15, 0.2) is 16.6 Å². The zero-order valence-corrected chi connectivity index (χ0v) is 10.8. The molecule has 0 aliphatic rings. The maximum atomic E-state index is 13.6. The third kappa shape index (κ3) is 2.27. The number of halogens is 4. The van der Waals surface area contributed by atoms with Crippen molar-refractivity contribution in [3.8, 4) is 11.3 Å². The van der Waals surface area contributed by atoms with Crippen LogP contribution in [-0.2, 0) is 0 Å². The van der Waals surface area contributed by atoms with Crippen LogP contribution in [0, 0.1) is 5.82 Å². The topological polar surface area (TPSA) is 71.8 Å². The van der Waals surface area contributed by atoms with Crippen molar-refractivity contribution in [2.24, 2.45) is 0 Å². The second-order valence-electron chi connectivity index (χ2n) is 4.05. The molecule has 1 N–H and O–H groups in total. The van der Waals surface area contributed by atoms with Crippen LogP contribution >= 0.6 is 11.6 Å². The average Bonchev–Trinajstić information content (AvgIpc) is 2.81. The van der Waals surface area contributed by atoms with Gasteiger partial charge in [-0.15, -0.1) is 0 Å². The van der Waals surface area contributed by atoms with Gasteiger partial charge < -0.3 is 4.42 Å². The highest BCUT2D eigenvalue weighted by Gasteiger charge is 2.19. The minimum absolute atomic E-state index is 0.0807. The molecule has 0 unspecified atom stereocenters. The standard InChI is InChI=1S/C12H5ClF3N3O2/c13-10-8(11(15)16)17-3-6(18-10)4-1-2-5(14)7-9(4)21-12(20)19-7/h1-3,11H,(H,19,20). The molecule has 5 nitrogen and oxygen atoms in total. The zero-order valence-electron chi connectivity index (χ0n) is 10.0. The van der Waals surface area contributed by atoms with E-state index in [1.165, 1.54) is 6.07 Å². The van der Waals surface area contributed by atoms with E-state index in [1.807, 2.05) is 0 Å². The molecule has 0 aliphatic heterocycles. The van der Waals surface area contributed by atoms with Gasteiger partial charge in [-0.2, -0.15) is 0 Å². The predicted octanol–water partition coefficient (Wildman–Crippen LogP) is 3.31. The molecule has 0 saturated carbocycles. The van der Waals surface area contributed by atoms with Gasteiger partial charge in [-0.05, 0) is 12.1 Å². The molecule has 0 amide bonds. The number of aromatic nitrogens is 3. The third-order valence-corrected chi connectivity index (χ3v) is 3.05. The number of hydrogen-bond donors (Lipinski definition) is 1. The minimum Gasteiger partial charge on any atom is -0.407 e. The van der Waals surface area contributed by atoms with Crippen LogP contribution in [0.4, 0.5) is 13.2 Å². The summed E-state index contributed by atoms with van der Waals surface area (Å²) in [4.78, 5) is 20.7. The molecule has 0 atom stereocenters. The summed E-state index contributed by atoms with van der Waals surface area (Å²) in [5, 5.41) is -0.474. The maximum absolute atomic E-state index is 13.6. The summed E-state index contributed by atoms with van der Waals surface area (Å²) in [5.41, 5.74) is -0.602. The molecule has 3 aromatic rings.